The number of ether oxygens (including phenoxy) is 1. The zero-order chi connectivity index (χ0) is 24.4. The number of nitrogens with zero attached hydrogens (tertiary/aromatic N) is 4. The topological polar surface area (TPSA) is 93.8 Å². The fraction of sp³-hybridized carbons (Fsp3) is 0.346. The SMILES string of the molecule is CNC(=O)N1CCC2(CC1)CN(c1ccc(-c3cn[nH]c3)cc1)C(=O)N2Cc1cccc(OC)c1. The minimum absolute atomic E-state index is 0.0164. The predicted molar refractivity (Wildman–Crippen MR) is 133 cm³/mol. The third-order valence-corrected chi connectivity index (χ3v) is 7.17. The Morgan fingerprint density at radius 2 is 1.91 bits per heavy atom. The highest BCUT2D eigenvalue weighted by Crippen LogP contribution is 2.40. The fourth-order valence-corrected chi connectivity index (χ4v) is 5.14. The Labute approximate surface area is 204 Å². The van der Waals surface area contributed by atoms with E-state index < -0.39 is 0 Å². The largest absolute Gasteiger partial charge is 0.497 e. The van der Waals surface area contributed by atoms with Gasteiger partial charge in [0, 0.05) is 44.1 Å². The molecule has 2 aliphatic heterocycles. The number of hydrogen-bond donors (Lipinski definition) is 2. The van der Waals surface area contributed by atoms with Crippen LogP contribution in [0.1, 0.15) is 18.4 Å². The smallest absolute Gasteiger partial charge is 0.325 e. The van der Waals surface area contributed by atoms with Crippen LogP contribution in [0.5, 0.6) is 5.75 Å². The van der Waals surface area contributed by atoms with Crippen LogP contribution >= 0.6 is 0 Å². The van der Waals surface area contributed by atoms with E-state index in [2.05, 4.69) is 15.5 Å². The average molecular weight is 475 g/mol. The molecule has 9 nitrogen and oxygen atoms in total. The summed E-state index contributed by atoms with van der Waals surface area (Å²) < 4.78 is 5.40. The Kier molecular flexibility index (Phi) is 6.07. The van der Waals surface area contributed by atoms with Gasteiger partial charge >= 0.3 is 12.1 Å². The van der Waals surface area contributed by atoms with Crippen molar-refractivity contribution in [3.8, 4) is 16.9 Å². The first-order valence-corrected chi connectivity index (χ1v) is 11.8. The predicted octanol–water partition coefficient (Wildman–Crippen LogP) is 3.70. The lowest BCUT2D eigenvalue weighted by Gasteiger charge is -2.43. The first-order chi connectivity index (χ1) is 17.0. The number of anilines is 1. The van der Waals surface area contributed by atoms with Crippen LogP contribution in [0.25, 0.3) is 11.1 Å². The zero-order valence-corrected chi connectivity index (χ0v) is 20.0. The van der Waals surface area contributed by atoms with Crippen molar-refractivity contribution in [2.24, 2.45) is 0 Å². The van der Waals surface area contributed by atoms with Gasteiger partial charge in [-0.05, 0) is 48.2 Å². The minimum Gasteiger partial charge on any atom is -0.497 e. The van der Waals surface area contributed by atoms with Gasteiger partial charge in [-0.25, -0.2) is 9.59 Å². The van der Waals surface area contributed by atoms with Gasteiger partial charge in [0.15, 0.2) is 0 Å². The van der Waals surface area contributed by atoms with Gasteiger partial charge in [-0.3, -0.25) is 10.00 Å². The number of amides is 4. The third kappa shape index (κ3) is 4.29. The molecule has 2 saturated heterocycles. The molecule has 4 amide bonds. The van der Waals surface area contributed by atoms with Gasteiger partial charge in [0.25, 0.3) is 0 Å². The number of aromatic amines is 1. The van der Waals surface area contributed by atoms with Crippen LogP contribution in [0, 0.1) is 0 Å². The number of likely N-dealkylation sites (tertiary alicyclic amines) is 1. The van der Waals surface area contributed by atoms with E-state index in [9.17, 15) is 9.59 Å². The maximum absolute atomic E-state index is 13.8. The highest BCUT2D eigenvalue weighted by Gasteiger charge is 2.51. The molecule has 0 unspecified atom stereocenters. The number of aromatic nitrogens is 2. The maximum Gasteiger partial charge on any atom is 0.325 e. The van der Waals surface area contributed by atoms with Gasteiger partial charge in [0.1, 0.15) is 5.75 Å². The Bertz CT molecular complexity index is 1190. The molecule has 2 aliphatic rings. The number of urea groups is 2. The van der Waals surface area contributed by atoms with E-state index >= 15 is 0 Å². The lowest BCUT2D eigenvalue weighted by molar-refractivity contribution is 0.0834. The van der Waals surface area contributed by atoms with Crippen molar-refractivity contribution in [1.29, 1.82) is 0 Å². The van der Waals surface area contributed by atoms with Crippen LogP contribution < -0.4 is 15.0 Å². The van der Waals surface area contributed by atoms with Crippen molar-refractivity contribution >= 4 is 17.7 Å². The molecule has 1 spiro atoms. The summed E-state index contributed by atoms with van der Waals surface area (Å²) in [5.41, 5.74) is 3.57. The number of rotatable bonds is 5. The summed E-state index contributed by atoms with van der Waals surface area (Å²) in [7, 11) is 3.29. The molecule has 182 valence electrons. The number of carbonyl (C=O) groups excluding carboxylic acids is 2. The molecule has 2 fully saturated rings. The second kappa shape index (κ2) is 9.32. The third-order valence-electron chi connectivity index (χ3n) is 7.17. The van der Waals surface area contributed by atoms with E-state index in [-0.39, 0.29) is 17.6 Å². The summed E-state index contributed by atoms with van der Waals surface area (Å²) in [6.45, 7) is 2.28. The van der Waals surface area contributed by atoms with Crippen molar-refractivity contribution in [3.05, 3.63) is 66.5 Å². The van der Waals surface area contributed by atoms with Crippen LogP contribution in [0.2, 0.25) is 0 Å². The van der Waals surface area contributed by atoms with E-state index in [1.807, 2.05) is 69.4 Å². The van der Waals surface area contributed by atoms with Crippen LogP contribution in [0.3, 0.4) is 0 Å². The van der Waals surface area contributed by atoms with Crippen molar-refractivity contribution in [2.45, 2.75) is 24.9 Å². The van der Waals surface area contributed by atoms with Gasteiger partial charge in [0.05, 0.1) is 25.4 Å². The second-order valence-electron chi connectivity index (χ2n) is 9.11. The van der Waals surface area contributed by atoms with Crippen LogP contribution in [-0.2, 0) is 6.54 Å². The normalized spacial score (nSPS) is 17.2. The molecule has 2 aromatic carbocycles. The number of piperidine rings is 1. The summed E-state index contributed by atoms with van der Waals surface area (Å²) in [6, 6.07) is 15.8. The summed E-state index contributed by atoms with van der Waals surface area (Å²) >= 11 is 0. The second-order valence-corrected chi connectivity index (χ2v) is 9.11. The number of methoxy groups -OCH3 is 1. The van der Waals surface area contributed by atoms with Crippen molar-refractivity contribution in [3.63, 3.8) is 0 Å². The van der Waals surface area contributed by atoms with Crippen molar-refractivity contribution in [2.75, 3.05) is 38.7 Å². The summed E-state index contributed by atoms with van der Waals surface area (Å²) in [5.74, 6) is 0.768. The highest BCUT2D eigenvalue weighted by atomic mass is 16.5. The Hall–Kier alpha value is -4.01. The number of benzene rings is 2. The Morgan fingerprint density at radius 3 is 2.57 bits per heavy atom. The fourth-order valence-electron chi connectivity index (χ4n) is 5.14. The number of H-pyrrole nitrogens is 1. The van der Waals surface area contributed by atoms with Crippen LogP contribution in [-0.4, -0.2) is 71.4 Å². The van der Waals surface area contributed by atoms with E-state index in [0.717, 1.165) is 41.0 Å². The number of hydrogen-bond acceptors (Lipinski definition) is 4. The molecular formula is C26H30N6O3. The summed E-state index contributed by atoms with van der Waals surface area (Å²) in [4.78, 5) is 31.7. The molecular weight excluding hydrogens is 444 g/mol. The maximum atomic E-state index is 13.8. The highest BCUT2D eigenvalue weighted by molar-refractivity contribution is 5.95. The molecule has 0 bridgehead atoms. The summed E-state index contributed by atoms with van der Waals surface area (Å²) in [6.07, 6.45) is 5.07. The quantitative estimate of drug-likeness (QED) is 0.590. The van der Waals surface area contributed by atoms with Gasteiger partial charge in [-0.2, -0.15) is 5.10 Å². The van der Waals surface area contributed by atoms with E-state index in [4.69, 9.17) is 4.74 Å². The average Bonchev–Trinajstić information content (AvgIpc) is 3.53. The molecule has 3 heterocycles. The molecule has 2 N–H and O–H groups in total. The first kappa shape index (κ1) is 22.8. The standard InChI is InChI=1S/C26H30N6O3/c1-27-24(33)30-12-10-26(11-13-30)18-31(22-8-6-20(7-9-22)21-15-28-29-16-21)25(34)32(26)17-19-4-3-5-23(14-19)35-2/h3-9,14-16H,10-13,17-18H2,1-2H3,(H,27,33)(H,28,29). The monoisotopic (exact) mass is 474 g/mol. The number of nitrogens with one attached hydrogen (secondary N) is 2. The molecule has 1 aromatic heterocycles. The molecule has 5 rings (SSSR count). The lowest BCUT2D eigenvalue weighted by atomic mass is 9.86. The van der Waals surface area contributed by atoms with Crippen molar-refractivity contribution in [1.82, 2.24) is 25.3 Å². The van der Waals surface area contributed by atoms with Gasteiger partial charge in [-0.1, -0.05) is 24.3 Å². The molecule has 0 radical (unpaired) electrons. The molecule has 0 saturated carbocycles. The molecule has 9 heteroatoms. The first-order valence-electron chi connectivity index (χ1n) is 11.8. The van der Waals surface area contributed by atoms with Gasteiger partial charge in [-0.15, -0.1) is 0 Å². The lowest BCUT2D eigenvalue weighted by Crippen LogP contribution is -2.56. The van der Waals surface area contributed by atoms with Crippen molar-refractivity contribution < 1.29 is 14.3 Å². The molecule has 35 heavy (non-hydrogen) atoms. The van der Waals surface area contributed by atoms with Crippen LogP contribution in [0.4, 0.5) is 15.3 Å². The van der Waals surface area contributed by atoms with Gasteiger partial charge in [0.2, 0.25) is 0 Å². The molecule has 0 atom stereocenters. The van der Waals surface area contributed by atoms with E-state index in [0.29, 0.717) is 26.2 Å². The van der Waals surface area contributed by atoms with E-state index in [1.165, 1.54) is 0 Å². The zero-order valence-electron chi connectivity index (χ0n) is 20.0. The summed E-state index contributed by atoms with van der Waals surface area (Å²) in [5, 5.41) is 9.56. The molecule has 3 aromatic rings. The molecule has 0 aliphatic carbocycles. The number of carbonyl (C=O) groups is 2. The van der Waals surface area contributed by atoms with E-state index in [1.54, 1.807) is 20.4 Å². The van der Waals surface area contributed by atoms with Crippen LogP contribution in [0.15, 0.2) is 60.9 Å². The Morgan fingerprint density at radius 1 is 1.14 bits per heavy atom. The minimum atomic E-state index is -0.353. The Balaban J connectivity index is 1.43. The van der Waals surface area contributed by atoms with Gasteiger partial charge < -0.3 is 19.9 Å².